The molecule has 0 radical (unpaired) electrons. The summed E-state index contributed by atoms with van der Waals surface area (Å²) < 4.78 is 2.13. The van der Waals surface area contributed by atoms with Gasteiger partial charge in [0.2, 0.25) is 5.91 Å². The Balaban J connectivity index is 1.61. The first-order chi connectivity index (χ1) is 13.0. The number of imidazole rings is 1. The van der Waals surface area contributed by atoms with Crippen molar-refractivity contribution in [1.82, 2.24) is 9.55 Å². The van der Waals surface area contributed by atoms with Crippen LogP contribution in [0.4, 0.5) is 11.4 Å². The number of amides is 1. The molecule has 0 bridgehead atoms. The first-order valence-corrected chi connectivity index (χ1v) is 9.29. The van der Waals surface area contributed by atoms with Gasteiger partial charge in [0, 0.05) is 30.5 Å². The molecule has 3 rings (SSSR count). The standard InChI is InChI=1S/C21H23ClN4O/c1-15(2)21-23-10-11-26(21)14-16-6-5-7-17(12-16)25-20(27)13-24-19-9-4-3-8-18(19)22/h3-12,15,24H,13-14H2,1-2H3,(H,25,27). The molecule has 140 valence electrons. The van der Waals surface area contributed by atoms with Gasteiger partial charge in [-0.25, -0.2) is 4.98 Å². The number of hydrogen-bond acceptors (Lipinski definition) is 3. The summed E-state index contributed by atoms with van der Waals surface area (Å²) in [5, 5.41) is 6.56. The number of carbonyl (C=O) groups excluding carboxylic acids is 1. The van der Waals surface area contributed by atoms with E-state index in [9.17, 15) is 4.79 Å². The fraction of sp³-hybridized carbons (Fsp3) is 0.238. The van der Waals surface area contributed by atoms with E-state index in [1.807, 2.05) is 54.9 Å². The van der Waals surface area contributed by atoms with E-state index < -0.39 is 0 Å². The number of anilines is 2. The molecule has 1 heterocycles. The Kier molecular flexibility index (Phi) is 6.14. The summed E-state index contributed by atoms with van der Waals surface area (Å²) in [7, 11) is 0. The Bertz CT molecular complexity index is 920. The second kappa shape index (κ2) is 8.73. The van der Waals surface area contributed by atoms with Gasteiger partial charge < -0.3 is 15.2 Å². The molecule has 0 aliphatic rings. The van der Waals surface area contributed by atoms with E-state index in [1.165, 1.54) is 0 Å². The molecular weight excluding hydrogens is 360 g/mol. The summed E-state index contributed by atoms with van der Waals surface area (Å²) in [6.07, 6.45) is 3.80. The minimum absolute atomic E-state index is 0.127. The van der Waals surface area contributed by atoms with E-state index in [0.717, 1.165) is 29.3 Å². The molecule has 0 spiro atoms. The van der Waals surface area contributed by atoms with Crippen LogP contribution in [0.1, 0.15) is 31.2 Å². The monoisotopic (exact) mass is 382 g/mol. The highest BCUT2D eigenvalue weighted by molar-refractivity contribution is 6.33. The topological polar surface area (TPSA) is 59.0 Å². The van der Waals surface area contributed by atoms with Gasteiger partial charge in [-0.05, 0) is 29.8 Å². The van der Waals surface area contributed by atoms with Crippen molar-refractivity contribution in [3.63, 3.8) is 0 Å². The van der Waals surface area contributed by atoms with Crippen LogP contribution >= 0.6 is 11.6 Å². The first-order valence-electron chi connectivity index (χ1n) is 8.91. The van der Waals surface area contributed by atoms with E-state index in [2.05, 4.69) is 34.0 Å². The van der Waals surface area contributed by atoms with Crippen LogP contribution in [0.25, 0.3) is 0 Å². The molecule has 2 N–H and O–H groups in total. The summed E-state index contributed by atoms with van der Waals surface area (Å²) >= 11 is 6.09. The maximum atomic E-state index is 12.2. The smallest absolute Gasteiger partial charge is 0.243 e. The highest BCUT2D eigenvalue weighted by atomic mass is 35.5. The van der Waals surface area contributed by atoms with E-state index in [1.54, 1.807) is 6.07 Å². The van der Waals surface area contributed by atoms with Crippen LogP contribution in [0.3, 0.4) is 0 Å². The van der Waals surface area contributed by atoms with Gasteiger partial charge in [-0.15, -0.1) is 0 Å². The third-order valence-corrected chi connectivity index (χ3v) is 4.47. The molecule has 0 atom stereocenters. The van der Waals surface area contributed by atoms with Gasteiger partial charge in [-0.2, -0.15) is 0 Å². The number of para-hydroxylation sites is 1. The lowest BCUT2D eigenvalue weighted by molar-refractivity contribution is -0.114. The van der Waals surface area contributed by atoms with Crippen LogP contribution in [-0.4, -0.2) is 22.0 Å². The number of nitrogens with one attached hydrogen (secondary N) is 2. The lowest BCUT2D eigenvalue weighted by atomic mass is 10.1. The Labute approximate surface area is 164 Å². The predicted molar refractivity (Wildman–Crippen MR) is 110 cm³/mol. The van der Waals surface area contributed by atoms with Gasteiger partial charge in [0.05, 0.1) is 17.3 Å². The zero-order valence-corrected chi connectivity index (χ0v) is 16.2. The summed E-state index contributed by atoms with van der Waals surface area (Å²) in [4.78, 5) is 16.7. The van der Waals surface area contributed by atoms with Gasteiger partial charge in [0.25, 0.3) is 0 Å². The van der Waals surface area contributed by atoms with E-state index >= 15 is 0 Å². The predicted octanol–water partition coefficient (Wildman–Crippen LogP) is 4.76. The molecule has 0 saturated carbocycles. The SMILES string of the molecule is CC(C)c1nccn1Cc1cccc(NC(=O)CNc2ccccc2Cl)c1. The number of nitrogens with zero attached hydrogens (tertiary/aromatic N) is 2. The molecule has 3 aromatic rings. The Hall–Kier alpha value is -2.79. The second-order valence-corrected chi connectivity index (χ2v) is 7.06. The van der Waals surface area contributed by atoms with Gasteiger partial charge in [0.1, 0.15) is 5.82 Å². The average Bonchev–Trinajstić information content (AvgIpc) is 3.10. The third-order valence-electron chi connectivity index (χ3n) is 4.14. The summed E-state index contributed by atoms with van der Waals surface area (Å²) in [6, 6.07) is 15.2. The van der Waals surface area contributed by atoms with Crippen molar-refractivity contribution in [3.05, 3.63) is 77.3 Å². The fourth-order valence-corrected chi connectivity index (χ4v) is 3.09. The Morgan fingerprint density at radius 3 is 2.78 bits per heavy atom. The zero-order valence-electron chi connectivity index (χ0n) is 15.4. The van der Waals surface area contributed by atoms with Crippen molar-refractivity contribution in [2.75, 3.05) is 17.2 Å². The number of carbonyl (C=O) groups is 1. The summed E-state index contributed by atoms with van der Waals surface area (Å²) in [6.45, 7) is 5.12. The lowest BCUT2D eigenvalue weighted by Crippen LogP contribution is -2.22. The number of hydrogen-bond donors (Lipinski definition) is 2. The number of halogens is 1. The largest absolute Gasteiger partial charge is 0.375 e. The molecular formula is C21H23ClN4O. The average molecular weight is 383 g/mol. The normalized spacial score (nSPS) is 10.8. The van der Waals surface area contributed by atoms with Crippen LogP contribution in [0.15, 0.2) is 60.9 Å². The molecule has 0 aliphatic heterocycles. The summed E-state index contributed by atoms with van der Waals surface area (Å²) in [5.41, 5.74) is 2.61. The maximum absolute atomic E-state index is 12.2. The minimum atomic E-state index is -0.127. The van der Waals surface area contributed by atoms with Crippen molar-refractivity contribution in [2.45, 2.75) is 26.3 Å². The molecule has 0 unspecified atom stereocenters. The first kappa shape index (κ1) is 19.0. The van der Waals surface area contributed by atoms with Crippen molar-refractivity contribution in [1.29, 1.82) is 0 Å². The molecule has 2 aromatic carbocycles. The molecule has 27 heavy (non-hydrogen) atoms. The third kappa shape index (κ3) is 5.11. The van der Waals surface area contributed by atoms with Crippen LogP contribution in [-0.2, 0) is 11.3 Å². The summed E-state index contributed by atoms with van der Waals surface area (Å²) in [5.74, 6) is 1.28. The number of rotatable bonds is 7. The van der Waals surface area contributed by atoms with Gasteiger partial charge in [-0.3, -0.25) is 4.79 Å². The van der Waals surface area contributed by atoms with Gasteiger partial charge in [-0.1, -0.05) is 49.7 Å². The quantitative estimate of drug-likeness (QED) is 0.619. The highest BCUT2D eigenvalue weighted by Gasteiger charge is 2.09. The Morgan fingerprint density at radius 2 is 2.00 bits per heavy atom. The van der Waals surface area contributed by atoms with Crippen LogP contribution < -0.4 is 10.6 Å². The number of aromatic nitrogens is 2. The molecule has 1 aromatic heterocycles. The van der Waals surface area contributed by atoms with Crippen LogP contribution in [0, 0.1) is 0 Å². The van der Waals surface area contributed by atoms with Gasteiger partial charge in [0.15, 0.2) is 0 Å². The molecule has 0 fully saturated rings. The maximum Gasteiger partial charge on any atom is 0.243 e. The van der Waals surface area contributed by atoms with Crippen LogP contribution in [0.2, 0.25) is 5.02 Å². The molecule has 6 heteroatoms. The fourth-order valence-electron chi connectivity index (χ4n) is 2.88. The van der Waals surface area contributed by atoms with Crippen molar-refractivity contribution in [2.24, 2.45) is 0 Å². The zero-order chi connectivity index (χ0) is 19.2. The van der Waals surface area contributed by atoms with E-state index in [-0.39, 0.29) is 12.5 Å². The minimum Gasteiger partial charge on any atom is -0.375 e. The molecule has 1 amide bonds. The number of benzene rings is 2. The van der Waals surface area contributed by atoms with Crippen molar-refractivity contribution in [3.8, 4) is 0 Å². The van der Waals surface area contributed by atoms with E-state index in [0.29, 0.717) is 10.9 Å². The van der Waals surface area contributed by atoms with Gasteiger partial charge >= 0.3 is 0 Å². The molecule has 0 aliphatic carbocycles. The highest BCUT2D eigenvalue weighted by Crippen LogP contribution is 2.20. The van der Waals surface area contributed by atoms with Crippen molar-refractivity contribution >= 4 is 28.9 Å². The van der Waals surface area contributed by atoms with Crippen molar-refractivity contribution < 1.29 is 4.79 Å². The molecule has 5 nitrogen and oxygen atoms in total. The Morgan fingerprint density at radius 1 is 1.19 bits per heavy atom. The van der Waals surface area contributed by atoms with E-state index in [4.69, 9.17) is 11.6 Å². The lowest BCUT2D eigenvalue weighted by Gasteiger charge is -2.12. The molecule has 0 saturated heterocycles. The van der Waals surface area contributed by atoms with Crippen LogP contribution in [0.5, 0.6) is 0 Å². The second-order valence-electron chi connectivity index (χ2n) is 6.65.